The molecule has 1 atom stereocenters. The van der Waals surface area contributed by atoms with Crippen molar-refractivity contribution in [2.24, 2.45) is 11.3 Å². The van der Waals surface area contributed by atoms with Crippen LogP contribution in [0.15, 0.2) is 30.3 Å². The Morgan fingerprint density at radius 3 is 2.59 bits per heavy atom. The minimum Gasteiger partial charge on any atom is -0.445 e. The molecule has 0 radical (unpaired) electrons. The molecule has 0 bridgehead atoms. The SMILES string of the molecule is Cl.O=C(NC1CCC2(CC1)CN(C[C@@H]1CCNC1)C2)OCc1ccccc1. The molecule has 1 amide bonds. The number of ether oxygens (including phenoxy) is 1. The summed E-state index contributed by atoms with van der Waals surface area (Å²) in [4.78, 5) is 14.7. The van der Waals surface area contributed by atoms with Gasteiger partial charge >= 0.3 is 6.09 Å². The molecule has 1 spiro atoms. The van der Waals surface area contributed by atoms with Crippen molar-refractivity contribution < 1.29 is 9.53 Å². The number of hydrogen-bond acceptors (Lipinski definition) is 4. The molecule has 1 aromatic rings. The highest BCUT2D eigenvalue weighted by Crippen LogP contribution is 2.44. The fourth-order valence-corrected chi connectivity index (χ4v) is 4.89. The summed E-state index contributed by atoms with van der Waals surface area (Å²) in [6.45, 7) is 6.51. The van der Waals surface area contributed by atoms with Gasteiger partial charge in [-0.1, -0.05) is 30.3 Å². The van der Waals surface area contributed by atoms with Crippen molar-refractivity contribution in [2.75, 3.05) is 32.7 Å². The van der Waals surface area contributed by atoms with Gasteiger partial charge in [0.2, 0.25) is 0 Å². The second-order valence-corrected chi connectivity index (χ2v) is 8.51. The fraction of sp³-hybridized carbons (Fsp3) is 0.667. The van der Waals surface area contributed by atoms with Crippen molar-refractivity contribution in [3.05, 3.63) is 35.9 Å². The van der Waals surface area contributed by atoms with E-state index in [1.807, 2.05) is 30.3 Å². The molecule has 150 valence electrons. The third kappa shape index (κ3) is 5.37. The monoisotopic (exact) mass is 393 g/mol. The van der Waals surface area contributed by atoms with Gasteiger partial charge in [-0.05, 0) is 62.1 Å². The van der Waals surface area contributed by atoms with Crippen LogP contribution >= 0.6 is 12.4 Å². The first-order valence-corrected chi connectivity index (χ1v) is 10.1. The standard InChI is InChI=1S/C21H31N3O2.ClH/c25-20(26-14-17-4-2-1-3-5-17)23-19-6-9-21(10-7-19)15-24(16-21)13-18-8-11-22-12-18;/h1-5,18-19,22H,6-16H2,(H,23,25);1H/t18-;/m1./s1. The lowest BCUT2D eigenvalue weighted by Gasteiger charge is -2.54. The molecule has 4 rings (SSSR count). The molecule has 1 aliphatic carbocycles. The first-order valence-electron chi connectivity index (χ1n) is 10.1. The van der Waals surface area contributed by atoms with Gasteiger partial charge in [0, 0.05) is 25.7 Å². The summed E-state index contributed by atoms with van der Waals surface area (Å²) in [6, 6.07) is 10.1. The Labute approximate surface area is 168 Å². The summed E-state index contributed by atoms with van der Waals surface area (Å²) in [5.41, 5.74) is 1.55. The lowest BCUT2D eigenvalue weighted by Crippen LogP contribution is -2.59. The molecule has 0 aromatic heterocycles. The van der Waals surface area contributed by atoms with Crippen molar-refractivity contribution in [3.63, 3.8) is 0 Å². The van der Waals surface area contributed by atoms with E-state index < -0.39 is 0 Å². The Balaban J connectivity index is 0.00000210. The van der Waals surface area contributed by atoms with Gasteiger partial charge < -0.3 is 20.3 Å². The Morgan fingerprint density at radius 2 is 1.93 bits per heavy atom. The molecule has 2 aliphatic heterocycles. The highest BCUT2D eigenvalue weighted by Gasteiger charge is 2.45. The quantitative estimate of drug-likeness (QED) is 0.806. The maximum Gasteiger partial charge on any atom is 0.407 e. The summed E-state index contributed by atoms with van der Waals surface area (Å²) in [5, 5.41) is 6.52. The van der Waals surface area contributed by atoms with Crippen molar-refractivity contribution in [1.29, 1.82) is 0 Å². The normalized spacial score (nSPS) is 24.8. The molecule has 0 unspecified atom stereocenters. The van der Waals surface area contributed by atoms with Crippen LogP contribution in [-0.2, 0) is 11.3 Å². The zero-order chi connectivity index (χ0) is 17.8. The number of rotatable bonds is 5. The van der Waals surface area contributed by atoms with Gasteiger partial charge in [-0.15, -0.1) is 12.4 Å². The summed E-state index contributed by atoms with van der Waals surface area (Å²) in [6.07, 6.45) is 5.68. The molecule has 2 heterocycles. The van der Waals surface area contributed by atoms with Gasteiger partial charge in [-0.2, -0.15) is 0 Å². The molecule has 1 aromatic carbocycles. The van der Waals surface area contributed by atoms with Gasteiger partial charge in [0.15, 0.2) is 0 Å². The lowest BCUT2D eigenvalue weighted by molar-refractivity contribution is -0.0399. The first-order chi connectivity index (χ1) is 12.7. The Hall–Kier alpha value is -1.30. The van der Waals surface area contributed by atoms with E-state index in [0.717, 1.165) is 24.3 Å². The van der Waals surface area contributed by atoms with Gasteiger partial charge in [-0.3, -0.25) is 0 Å². The van der Waals surface area contributed by atoms with Crippen LogP contribution in [0.4, 0.5) is 4.79 Å². The van der Waals surface area contributed by atoms with E-state index in [2.05, 4.69) is 15.5 Å². The van der Waals surface area contributed by atoms with Crippen LogP contribution in [0.2, 0.25) is 0 Å². The van der Waals surface area contributed by atoms with Crippen LogP contribution < -0.4 is 10.6 Å². The van der Waals surface area contributed by atoms with Crippen molar-refractivity contribution >= 4 is 18.5 Å². The molecule has 3 fully saturated rings. The van der Waals surface area contributed by atoms with Crippen molar-refractivity contribution in [3.8, 4) is 0 Å². The van der Waals surface area contributed by atoms with Crippen LogP contribution in [0.25, 0.3) is 0 Å². The first kappa shape index (κ1) is 20.4. The third-order valence-corrected chi connectivity index (χ3v) is 6.38. The van der Waals surface area contributed by atoms with Crippen LogP contribution in [0.1, 0.15) is 37.7 Å². The summed E-state index contributed by atoms with van der Waals surface area (Å²) in [5.74, 6) is 0.852. The second kappa shape index (κ2) is 9.26. The maximum absolute atomic E-state index is 12.0. The smallest absolute Gasteiger partial charge is 0.407 e. The van der Waals surface area contributed by atoms with E-state index in [9.17, 15) is 4.79 Å². The van der Waals surface area contributed by atoms with E-state index in [-0.39, 0.29) is 24.5 Å². The van der Waals surface area contributed by atoms with E-state index in [0.29, 0.717) is 12.0 Å². The van der Waals surface area contributed by atoms with E-state index in [1.165, 1.54) is 52.0 Å². The minimum atomic E-state index is -0.279. The highest BCUT2D eigenvalue weighted by atomic mass is 35.5. The Kier molecular flexibility index (Phi) is 7.01. The molecule has 5 nitrogen and oxygen atoms in total. The number of likely N-dealkylation sites (tertiary alicyclic amines) is 1. The topological polar surface area (TPSA) is 53.6 Å². The van der Waals surface area contributed by atoms with Crippen molar-refractivity contribution in [1.82, 2.24) is 15.5 Å². The number of hydrogen-bond donors (Lipinski definition) is 2. The minimum absolute atomic E-state index is 0. The second-order valence-electron chi connectivity index (χ2n) is 8.51. The zero-order valence-electron chi connectivity index (χ0n) is 16.0. The maximum atomic E-state index is 12.0. The highest BCUT2D eigenvalue weighted by molar-refractivity contribution is 5.85. The van der Waals surface area contributed by atoms with Gasteiger partial charge in [0.25, 0.3) is 0 Å². The average Bonchev–Trinajstić information content (AvgIpc) is 3.14. The fourth-order valence-electron chi connectivity index (χ4n) is 4.89. The largest absolute Gasteiger partial charge is 0.445 e. The number of nitrogens with zero attached hydrogens (tertiary/aromatic N) is 1. The summed E-state index contributed by atoms with van der Waals surface area (Å²) >= 11 is 0. The molecule has 6 heteroatoms. The molecule has 2 N–H and O–H groups in total. The lowest BCUT2D eigenvalue weighted by atomic mass is 9.67. The van der Waals surface area contributed by atoms with E-state index >= 15 is 0 Å². The number of amides is 1. The summed E-state index contributed by atoms with van der Waals surface area (Å²) < 4.78 is 5.35. The predicted molar refractivity (Wildman–Crippen MR) is 109 cm³/mol. The van der Waals surface area contributed by atoms with E-state index in [1.54, 1.807) is 0 Å². The van der Waals surface area contributed by atoms with Crippen LogP contribution in [-0.4, -0.2) is 49.8 Å². The Morgan fingerprint density at radius 1 is 1.19 bits per heavy atom. The van der Waals surface area contributed by atoms with Crippen LogP contribution in [0.5, 0.6) is 0 Å². The van der Waals surface area contributed by atoms with Gasteiger partial charge in [0.05, 0.1) is 0 Å². The number of nitrogens with one attached hydrogen (secondary N) is 2. The van der Waals surface area contributed by atoms with Gasteiger partial charge in [0.1, 0.15) is 6.61 Å². The average molecular weight is 394 g/mol. The molecule has 2 saturated heterocycles. The molecule has 1 saturated carbocycles. The van der Waals surface area contributed by atoms with Gasteiger partial charge in [-0.25, -0.2) is 4.79 Å². The third-order valence-electron chi connectivity index (χ3n) is 6.38. The molecular formula is C21H32ClN3O2. The number of benzene rings is 1. The van der Waals surface area contributed by atoms with Crippen molar-refractivity contribution in [2.45, 2.75) is 44.8 Å². The molecular weight excluding hydrogens is 362 g/mol. The van der Waals surface area contributed by atoms with Crippen LogP contribution in [0.3, 0.4) is 0 Å². The van der Waals surface area contributed by atoms with Crippen LogP contribution in [0, 0.1) is 11.3 Å². The molecule has 3 aliphatic rings. The number of alkyl carbamates (subject to hydrolysis) is 1. The summed E-state index contributed by atoms with van der Waals surface area (Å²) in [7, 11) is 0. The number of halogens is 1. The zero-order valence-corrected chi connectivity index (χ0v) is 16.8. The van der Waals surface area contributed by atoms with E-state index in [4.69, 9.17) is 4.74 Å². The number of carbonyl (C=O) groups is 1. The molecule has 27 heavy (non-hydrogen) atoms. The Bertz CT molecular complexity index is 591. The number of carbonyl (C=O) groups excluding carboxylic acids is 1. The predicted octanol–water partition coefficient (Wildman–Crippen LogP) is 3.19.